The zero-order chi connectivity index (χ0) is 21.8. The number of halogens is 4. The standard InChI is InChI=1S/C17H13F4N3O4S/c1-3-5-24-11-7-10(9(18)6-12(11)29-16(24)27)22-15(26)23-13(17(19,20)21)8-14(25)28-4-2/h1,6-7H,4-5,8H2,2H3,(H,22,26). The maximum atomic E-state index is 14.2. The number of carbonyl (C=O) groups excluding carboxylic acids is 2. The third-order valence-electron chi connectivity index (χ3n) is 3.43. The van der Waals surface area contributed by atoms with Crippen LogP contribution in [0, 0.1) is 18.2 Å². The Morgan fingerprint density at radius 3 is 2.66 bits per heavy atom. The molecule has 154 valence electrons. The number of alkyl halides is 3. The number of amides is 2. The molecule has 0 spiro atoms. The molecular weight excluding hydrogens is 418 g/mol. The maximum absolute atomic E-state index is 14.2. The largest absolute Gasteiger partial charge is 0.466 e. The predicted molar refractivity (Wildman–Crippen MR) is 98.6 cm³/mol. The summed E-state index contributed by atoms with van der Waals surface area (Å²) in [5, 5.41) is 1.87. The molecule has 2 amide bonds. The average molecular weight is 431 g/mol. The van der Waals surface area contributed by atoms with Gasteiger partial charge in [0.1, 0.15) is 11.5 Å². The summed E-state index contributed by atoms with van der Waals surface area (Å²) in [5.41, 5.74) is -2.01. The Bertz CT molecular complexity index is 1080. The number of benzene rings is 1. The van der Waals surface area contributed by atoms with E-state index in [1.165, 1.54) is 6.92 Å². The summed E-state index contributed by atoms with van der Waals surface area (Å²) in [6.07, 6.45) is -1.18. The summed E-state index contributed by atoms with van der Waals surface area (Å²) < 4.78 is 59.0. The number of aromatic nitrogens is 1. The average Bonchev–Trinajstić information content (AvgIpc) is 2.89. The third-order valence-corrected chi connectivity index (χ3v) is 4.37. The van der Waals surface area contributed by atoms with Crippen molar-refractivity contribution < 1.29 is 31.9 Å². The Labute approximate surface area is 165 Å². The minimum absolute atomic E-state index is 0.117. The van der Waals surface area contributed by atoms with Gasteiger partial charge in [0.15, 0.2) is 0 Å². The number of hydrogen-bond acceptors (Lipinski definition) is 5. The summed E-state index contributed by atoms with van der Waals surface area (Å²) in [5.74, 6) is 0.0338. The first kappa shape index (κ1) is 22.1. The zero-order valence-corrected chi connectivity index (χ0v) is 15.6. The van der Waals surface area contributed by atoms with Gasteiger partial charge < -0.3 is 10.1 Å². The molecule has 0 bridgehead atoms. The second-order valence-corrected chi connectivity index (χ2v) is 6.42. The topological polar surface area (TPSA) is 89.8 Å². The molecule has 0 aliphatic carbocycles. The van der Waals surface area contributed by atoms with Crippen LogP contribution in [0.2, 0.25) is 0 Å². The lowest BCUT2D eigenvalue weighted by molar-refractivity contribution is -0.142. The highest BCUT2D eigenvalue weighted by Crippen LogP contribution is 2.26. The molecule has 0 fully saturated rings. The molecule has 1 heterocycles. The van der Waals surface area contributed by atoms with E-state index in [1.807, 2.05) is 5.32 Å². The second kappa shape index (κ2) is 8.87. The van der Waals surface area contributed by atoms with Crippen molar-refractivity contribution >= 4 is 45.0 Å². The Morgan fingerprint density at radius 2 is 2.07 bits per heavy atom. The number of aliphatic imine (C=N–C) groups is 1. The second-order valence-electron chi connectivity index (χ2n) is 5.43. The van der Waals surface area contributed by atoms with E-state index in [-0.39, 0.29) is 23.4 Å². The number of thiazole rings is 1. The van der Waals surface area contributed by atoms with Crippen molar-refractivity contribution in [3.63, 3.8) is 0 Å². The number of rotatable bonds is 5. The van der Waals surface area contributed by atoms with Crippen molar-refractivity contribution in [2.45, 2.75) is 26.1 Å². The van der Waals surface area contributed by atoms with Crippen LogP contribution in [0.1, 0.15) is 13.3 Å². The van der Waals surface area contributed by atoms with E-state index in [0.717, 1.165) is 28.0 Å². The molecule has 29 heavy (non-hydrogen) atoms. The molecular formula is C17H13F4N3O4S. The van der Waals surface area contributed by atoms with Crippen LogP contribution in [0.5, 0.6) is 0 Å². The third kappa shape index (κ3) is 5.41. The fraction of sp³-hybridized carbons (Fsp3) is 0.294. The Morgan fingerprint density at radius 1 is 1.38 bits per heavy atom. The number of esters is 1. The van der Waals surface area contributed by atoms with E-state index >= 15 is 0 Å². The van der Waals surface area contributed by atoms with Crippen LogP contribution >= 0.6 is 11.3 Å². The highest BCUT2D eigenvalue weighted by molar-refractivity contribution is 7.16. The fourth-order valence-corrected chi connectivity index (χ4v) is 3.14. The number of nitrogens with one attached hydrogen (secondary N) is 1. The summed E-state index contributed by atoms with van der Waals surface area (Å²) in [6.45, 7) is 1.13. The summed E-state index contributed by atoms with van der Waals surface area (Å²) in [4.78, 5) is 37.4. The van der Waals surface area contributed by atoms with Crippen molar-refractivity contribution in [3.8, 4) is 12.3 Å². The molecule has 0 saturated heterocycles. The molecule has 7 nitrogen and oxygen atoms in total. The molecule has 0 saturated carbocycles. The predicted octanol–water partition coefficient (Wildman–Crippen LogP) is 3.32. The summed E-state index contributed by atoms with van der Waals surface area (Å²) in [7, 11) is 0. The minimum atomic E-state index is -5.08. The molecule has 12 heteroatoms. The number of terminal acetylenes is 1. The molecule has 0 radical (unpaired) electrons. The van der Waals surface area contributed by atoms with Gasteiger partial charge >= 0.3 is 23.0 Å². The smallest absolute Gasteiger partial charge is 0.430 e. The summed E-state index contributed by atoms with van der Waals surface area (Å²) in [6, 6.07) is 0.448. The zero-order valence-electron chi connectivity index (χ0n) is 14.8. The fourth-order valence-electron chi connectivity index (χ4n) is 2.24. The highest BCUT2D eigenvalue weighted by Gasteiger charge is 2.38. The van der Waals surface area contributed by atoms with Crippen LogP contribution in [0.15, 0.2) is 21.9 Å². The Kier molecular flexibility index (Phi) is 6.76. The van der Waals surface area contributed by atoms with Gasteiger partial charge in [-0.3, -0.25) is 14.2 Å². The Hall–Kier alpha value is -3.20. The molecule has 2 aromatic rings. The van der Waals surface area contributed by atoms with Gasteiger partial charge in [0.2, 0.25) is 0 Å². The maximum Gasteiger partial charge on any atom is 0.430 e. The lowest BCUT2D eigenvalue weighted by atomic mass is 10.2. The van der Waals surface area contributed by atoms with Gasteiger partial charge in [-0.25, -0.2) is 9.18 Å². The lowest BCUT2D eigenvalue weighted by Gasteiger charge is -2.10. The molecule has 0 unspecified atom stereocenters. The van der Waals surface area contributed by atoms with Crippen molar-refractivity contribution in [2.75, 3.05) is 11.9 Å². The summed E-state index contributed by atoms with van der Waals surface area (Å²) >= 11 is 0.717. The van der Waals surface area contributed by atoms with Gasteiger partial charge in [0.05, 0.1) is 35.5 Å². The van der Waals surface area contributed by atoms with Crippen LogP contribution in [-0.4, -0.2) is 35.1 Å². The van der Waals surface area contributed by atoms with Gasteiger partial charge in [-0.05, 0) is 19.1 Å². The number of urea groups is 1. The van der Waals surface area contributed by atoms with Gasteiger partial charge in [-0.2, -0.15) is 18.2 Å². The van der Waals surface area contributed by atoms with Crippen molar-refractivity contribution in [3.05, 3.63) is 27.6 Å². The van der Waals surface area contributed by atoms with Gasteiger partial charge in [0.25, 0.3) is 0 Å². The minimum Gasteiger partial charge on any atom is -0.466 e. The number of nitrogens with zero attached hydrogens (tertiary/aromatic N) is 2. The van der Waals surface area contributed by atoms with Gasteiger partial charge in [-0.15, -0.1) is 6.42 Å². The SMILES string of the molecule is C#CCn1c(=O)sc2cc(F)c(NC(=O)N=C(CC(=O)OCC)C(F)(F)F)cc21. The van der Waals surface area contributed by atoms with Crippen molar-refractivity contribution in [1.29, 1.82) is 0 Å². The van der Waals surface area contributed by atoms with Gasteiger partial charge in [0, 0.05) is 0 Å². The van der Waals surface area contributed by atoms with E-state index in [0.29, 0.717) is 0 Å². The molecule has 0 aliphatic rings. The monoisotopic (exact) mass is 431 g/mol. The van der Waals surface area contributed by atoms with E-state index in [1.54, 1.807) is 0 Å². The van der Waals surface area contributed by atoms with Crippen LogP contribution in [0.3, 0.4) is 0 Å². The van der Waals surface area contributed by atoms with Gasteiger partial charge in [-0.1, -0.05) is 17.3 Å². The first-order valence-electron chi connectivity index (χ1n) is 7.94. The first-order valence-corrected chi connectivity index (χ1v) is 8.76. The van der Waals surface area contributed by atoms with Crippen LogP contribution in [-0.2, 0) is 16.1 Å². The highest BCUT2D eigenvalue weighted by atomic mass is 32.1. The molecule has 1 N–H and O–H groups in total. The molecule has 2 rings (SSSR count). The quantitative estimate of drug-likeness (QED) is 0.340. The Balaban J connectivity index is 2.36. The number of hydrogen-bond donors (Lipinski definition) is 1. The van der Waals surface area contributed by atoms with Crippen LogP contribution < -0.4 is 10.2 Å². The number of carbonyl (C=O) groups is 2. The van der Waals surface area contributed by atoms with Crippen LogP contribution in [0.25, 0.3) is 10.2 Å². The van der Waals surface area contributed by atoms with Crippen molar-refractivity contribution in [2.24, 2.45) is 4.99 Å². The molecule has 0 aliphatic heterocycles. The first-order chi connectivity index (χ1) is 13.6. The number of fused-ring (bicyclic) bond motifs is 1. The molecule has 1 aromatic carbocycles. The molecule has 0 atom stereocenters. The molecule has 1 aromatic heterocycles. The van der Waals surface area contributed by atoms with E-state index in [9.17, 15) is 31.9 Å². The number of ether oxygens (including phenoxy) is 1. The van der Waals surface area contributed by atoms with Crippen LogP contribution in [0.4, 0.5) is 28.0 Å². The lowest BCUT2D eigenvalue weighted by Crippen LogP contribution is -2.28. The van der Waals surface area contributed by atoms with Crippen molar-refractivity contribution in [1.82, 2.24) is 4.57 Å². The number of anilines is 1. The van der Waals surface area contributed by atoms with E-state index in [2.05, 4.69) is 15.6 Å². The van der Waals surface area contributed by atoms with E-state index in [4.69, 9.17) is 6.42 Å². The normalized spacial score (nSPS) is 11.9. The van der Waals surface area contributed by atoms with E-state index < -0.39 is 46.7 Å².